The van der Waals surface area contributed by atoms with Gasteiger partial charge in [-0.1, -0.05) is 35.1 Å². The number of carbonyl (C=O) groups excluding carboxylic acids is 1. The molecular weight excluding hydrogens is 386 g/mol. The standard InChI is InChI=1S/C19H20ClN3OS2/c1-22(2)11-5-12-23(17(24)10-9-14-6-4-13-25-14)19-21-18-15(20)7-3-8-16(18)26-19/h3-4,6-10,13H,5,11-12H2,1-2H3/p+1/b10-9+. The molecule has 1 amide bonds. The SMILES string of the molecule is C[NH+](C)CCCN(C(=O)/C=C/c1cccs1)c1nc2c(Cl)cccc2s1. The van der Waals surface area contributed by atoms with Crippen molar-refractivity contribution >= 4 is 61.6 Å². The number of carbonyl (C=O) groups is 1. The first kappa shape index (κ1) is 19.0. The molecule has 0 bridgehead atoms. The lowest BCUT2D eigenvalue weighted by atomic mass is 10.3. The van der Waals surface area contributed by atoms with E-state index in [1.54, 1.807) is 22.3 Å². The Labute approximate surface area is 166 Å². The third-order valence-electron chi connectivity index (χ3n) is 3.85. The maximum atomic E-state index is 12.8. The molecule has 26 heavy (non-hydrogen) atoms. The maximum absolute atomic E-state index is 12.8. The van der Waals surface area contributed by atoms with E-state index in [0.29, 0.717) is 16.7 Å². The van der Waals surface area contributed by atoms with Crippen LogP contribution in [0.15, 0.2) is 41.8 Å². The first-order valence-corrected chi connectivity index (χ1v) is 10.5. The van der Waals surface area contributed by atoms with E-state index in [0.717, 1.165) is 28.1 Å². The van der Waals surface area contributed by atoms with Crippen LogP contribution in [-0.4, -0.2) is 38.1 Å². The summed E-state index contributed by atoms with van der Waals surface area (Å²) in [5.74, 6) is -0.0534. The average Bonchev–Trinajstić information content (AvgIpc) is 3.26. The monoisotopic (exact) mass is 406 g/mol. The number of quaternary nitrogens is 1. The second kappa shape index (κ2) is 8.77. The lowest BCUT2D eigenvalue weighted by Gasteiger charge is -2.18. The van der Waals surface area contributed by atoms with Gasteiger partial charge in [0.05, 0.1) is 30.4 Å². The fourth-order valence-corrected chi connectivity index (χ4v) is 4.45. The number of amides is 1. The topological polar surface area (TPSA) is 37.6 Å². The molecule has 1 N–H and O–H groups in total. The molecule has 0 aliphatic heterocycles. The first-order chi connectivity index (χ1) is 12.5. The molecule has 1 aromatic carbocycles. The van der Waals surface area contributed by atoms with E-state index in [9.17, 15) is 4.79 Å². The van der Waals surface area contributed by atoms with Crippen molar-refractivity contribution in [1.29, 1.82) is 0 Å². The van der Waals surface area contributed by atoms with Crippen LogP contribution in [0.25, 0.3) is 16.3 Å². The van der Waals surface area contributed by atoms with Crippen LogP contribution in [0, 0.1) is 0 Å². The van der Waals surface area contributed by atoms with Gasteiger partial charge in [0, 0.05) is 23.9 Å². The number of para-hydroxylation sites is 1. The zero-order chi connectivity index (χ0) is 18.5. The molecule has 2 heterocycles. The van der Waals surface area contributed by atoms with Crippen LogP contribution in [-0.2, 0) is 4.79 Å². The number of anilines is 1. The molecule has 0 saturated heterocycles. The number of hydrogen-bond acceptors (Lipinski definition) is 4. The molecule has 136 valence electrons. The molecule has 0 saturated carbocycles. The molecule has 0 unspecified atom stereocenters. The van der Waals surface area contributed by atoms with Crippen LogP contribution in [0.3, 0.4) is 0 Å². The smallest absolute Gasteiger partial charge is 0.252 e. The molecule has 4 nitrogen and oxygen atoms in total. The van der Waals surface area contributed by atoms with Gasteiger partial charge in [-0.25, -0.2) is 4.98 Å². The van der Waals surface area contributed by atoms with Crippen molar-refractivity contribution in [2.45, 2.75) is 6.42 Å². The van der Waals surface area contributed by atoms with Gasteiger partial charge in [0.15, 0.2) is 5.13 Å². The minimum atomic E-state index is -0.0534. The van der Waals surface area contributed by atoms with Gasteiger partial charge in [-0.15, -0.1) is 11.3 Å². The van der Waals surface area contributed by atoms with Gasteiger partial charge in [0.2, 0.25) is 0 Å². The largest absolute Gasteiger partial charge is 0.340 e. The van der Waals surface area contributed by atoms with Crippen LogP contribution in [0.5, 0.6) is 0 Å². The summed E-state index contributed by atoms with van der Waals surface area (Å²) in [7, 11) is 4.22. The van der Waals surface area contributed by atoms with Crippen molar-refractivity contribution in [3.05, 3.63) is 51.7 Å². The number of nitrogens with one attached hydrogen (secondary N) is 1. The highest BCUT2D eigenvalue weighted by Gasteiger charge is 2.19. The Kier molecular flexibility index (Phi) is 6.43. The Morgan fingerprint density at radius 3 is 2.85 bits per heavy atom. The summed E-state index contributed by atoms with van der Waals surface area (Å²) in [4.78, 5) is 21.7. The fraction of sp³-hybridized carbons (Fsp3) is 0.263. The number of halogens is 1. The Balaban J connectivity index is 1.85. The Bertz CT molecular complexity index is 903. The van der Waals surface area contributed by atoms with Gasteiger partial charge < -0.3 is 4.90 Å². The van der Waals surface area contributed by atoms with Crippen molar-refractivity contribution < 1.29 is 9.69 Å². The summed E-state index contributed by atoms with van der Waals surface area (Å²) >= 11 is 9.36. The molecule has 0 spiro atoms. The van der Waals surface area contributed by atoms with Gasteiger partial charge in [0.25, 0.3) is 5.91 Å². The van der Waals surface area contributed by atoms with E-state index < -0.39 is 0 Å². The van der Waals surface area contributed by atoms with E-state index in [2.05, 4.69) is 19.1 Å². The third kappa shape index (κ3) is 4.71. The molecule has 3 aromatic rings. The number of thiazole rings is 1. The van der Waals surface area contributed by atoms with Gasteiger partial charge in [-0.3, -0.25) is 9.69 Å². The van der Waals surface area contributed by atoms with Crippen LogP contribution in [0.1, 0.15) is 11.3 Å². The molecule has 0 aliphatic carbocycles. The normalized spacial score (nSPS) is 11.7. The molecule has 0 aliphatic rings. The van der Waals surface area contributed by atoms with E-state index in [1.807, 2.05) is 41.8 Å². The summed E-state index contributed by atoms with van der Waals surface area (Å²) in [6.07, 6.45) is 4.39. The number of benzene rings is 1. The zero-order valence-corrected chi connectivity index (χ0v) is 17.1. The van der Waals surface area contributed by atoms with Crippen LogP contribution >= 0.6 is 34.3 Å². The van der Waals surface area contributed by atoms with E-state index in [1.165, 1.54) is 16.2 Å². The van der Waals surface area contributed by atoms with Gasteiger partial charge in [0.1, 0.15) is 5.52 Å². The Morgan fingerprint density at radius 1 is 1.31 bits per heavy atom. The number of rotatable bonds is 7. The number of hydrogen-bond donors (Lipinski definition) is 1. The first-order valence-electron chi connectivity index (χ1n) is 8.42. The van der Waals surface area contributed by atoms with Crippen molar-refractivity contribution in [3.8, 4) is 0 Å². The minimum absolute atomic E-state index is 0.0534. The predicted octanol–water partition coefficient (Wildman–Crippen LogP) is 3.59. The van der Waals surface area contributed by atoms with Crippen molar-refractivity contribution in [1.82, 2.24) is 4.98 Å². The second-order valence-electron chi connectivity index (χ2n) is 6.23. The number of fused-ring (bicyclic) bond motifs is 1. The van der Waals surface area contributed by atoms with Gasteiger partial charge in [-0.2, -0.15) is 0 Å². The molecule has 7 heteroatoms. The van der Waals surface area contributed by atoms with E-state index in [-0.39, 0.29) is 5.91 Å². The lowest BCUT2D eigenvalue weighted by molar-refractivity contribution is -0.858. The quantitative estimate of drug-likeness (QED) is 0.609. The summed E-state index contributed by atoms with van der Waals surface area (Å²) < 4.78 is 0.991. The highest BCUT2D eigenvalue weighted by atomic mass is 35.5. The van der Waals surface area contributed by atoms with Crippen molar-refractivity contribution in [2.24, 2.45) is 0 Å². The lowest BCUT2D eigenvalue weighted by Crippen LogP contribution is -3.05. The molecule has 0 radical (unpaired) electrons. The third-order valence-corrected chi connectivity index (χ3v) is 6.03. The predicted molar refractivity (Wildman–Crippen MR) is 113 cm³/mol. The van der Waals surface area contributed by atoms with Crippen LogP contribution in [0.4, 0.5) is 5.13 Å². The summed E-state index contributed by atoms with van der Waals surface area (Å²) in [6, 6.07) is 9.68. The molecule has 2 aromatic heterocycles. The number of aromatic nitrogens is 1. The maximum Gasteiger partial charge on any atom is 0.252 e. The van der Waals surface area contributed by atoms with Crippen molar-refractivity contribution in [2.75, 3.05) is 32.1 Å². The molecule has 0 fully saturated rings. The van der Waals surface area contributed by atoms with Crippen LogP contribution in [0.2, 0.25) is 5.02 Å². The van der Waals surface area contributed by atoms with Crippen LogP contribution < -0.4 is 9.80 Å². The van der Waals surface area contributed by atoms with Gasteiger partial charge >= 0.3 is 0 Å². The zero-order valence-electron chi connectivity index (χ0n) is 14.7. The van der Waals surface area contributed by atoms with E-state index >= 15 is 0 Å². The van der Waals surface area contributed by atoms with Crippen molar-refractivity contribution in [3.63, 3.8) is 0 Å². The summed E-state index contributed by atoms with van der Waals surface area (Å²) in [5, 5.41) is 3.31. The summed E-state index contributed by atoms with van der Waals surface area (Å²) in [6.45, 7) is 1.63. The highest BCUT2D eigenvalue weighted by molar-refractivity contribution is 7.22. The number of thiophene rings is 1. The Hall–Kier alpha value is -1.73. The second-order valence-corrected chi connectivity index (χ2v) is 8.63. The van der Waals surface area contributed by atoms with Gasteiger partial charge in [-0.05, 0) is 29.7 Å². The van der Waals surface area contributed by atoms with E-state index in [4.69, 9.17) is 11.6 Å². The number of nitrogens with zero attached hydrogens (tertiary/aromatic N) is 2. The average molecular weight is 407 g/mol. The highest BCUT2D eigenvalue weighted by Crippen LogP contribution is 2.33. The minimum Gasteiger partial charge on any atom is -0.340 e. The Morgan fingerprint density at radius 2 is 2.15 bits per heavy atom. The molecular formula is C19H21ClN3OS2+. The summed E-state index contributed by atoms with van der Waals surface area (Å²) in [5.41, 5.74) is 0.757. The fourth-order valence-electron chi connectivity index (χ4n) is 2.54. The molecule has 3 rings (SSSR count). The molecule has 0 atom stereocenters.